The number of hydrogen-bond acceptors (Lipinski definition) is 3. The van der Waals surface area contributed by atoms with Crippen LogP contribution in [0.15, 0.2) is 12.7 Å². The van der Waals surface area contributed by atoms with Gasteiger partial charge in [0.25, 0.3) is 0 Å². The molecule has 0 unspecified atom stereocenters. The predicted octanol–water partition coefficient (Wildman–Crippen LogP) is -0.170. The molecule has 0 bridgehead atoms. The summed E-state index contributed by atoms with van der Waals surface area (Å²) in [6.07, 6.45) is 1.51. The first-order chi connectivity index (χ1) is 7.52. The van der Waals surface area contributed by atoms with E-state index in [9.17, 15) is 9.59 Å². The van der Waals surface area contributed by atoms with Crippen LogP contribution in [-0.2, 0) is 4.79 Å². The molecule has 2 amide bonds. The van der Waals surface area contributed by atoms with E-state index in [0.29, 0.717) is 13.1 Å². The average molecular weight is 229 g/mol. The highest BCUT2D eigenvalue weighted by molar-refractivity contribution is 5.80. The molecule has 92 valence electrons. The van der Waals surface area contributed by atoms with Crippen LogP contribution in [0.25, 0.3) is 0 Å². The summed E-state index contributed by atoms with van der Waals surface area (Å²) in [5, 5.41) is 11.6. The zero-order valence-corrected chi connectivity index (χ0v) is 9.77. The lowest BCUT2D eigenvalue weighted by Crippen LogP contribution is -2.45. The van der Waals surface area contributed by atoms with Gasteiger partial charge in [-0.3, -0.25) is 4.79 Å². The van der Waals surface area contributed by atoms with Gasteiger partial charge in [-0.25, -0.2) is 4.79 Å². The fraction of sp³-hybridized carbons (Fsp3) is 0.600. The molecular formula is C10H19N3O3. The van der Waals surface area contributed by atoms with Gasteiger partial charge in [-0.05, 0) is 7.05 Å². The van der Waals surface area contributed by atoms with Crippen molar-refractivity contribution in [3.8, 4) is 0 Å². The van der Waals surface area contributed by atoms with Crippen LogP contribution in [0.4, 0.5) is 4.79 Å². The van der Waals surface area contributed by atoms with Gasteiger partial charge in [0.05, 0.1) is 0 Å². The Morgan fingerprint density at radius 3 is 2.56 bits per heavy atom. The summed E-state index contributed by atoms with van der Waals surface area (Å²) in [7, 11) is 3.43. The number of carboxylic acids is 1. The first-order valence-corrected chi connectivity index (χ1v) is 5.00. The molecule has 0 aromatic carbocycles. The van der Waals surface area contributed by atoms with Gasteiger partial charge in [0.1, 0.15) is 6.54 Å². The van der Waals surface area contributed by atoms with Crippen LogP contribution in [-0.4, -0.2) is 67.2 Å². The van der Waals surface area contributed by atoms with Crippen molar-refractivity contribution < 1.29 is 14.7 Å². The molecule has 0 aromatic rings. The number of carbonyl (C=O) groups excluding carboxylic acids is 1. The van der Waals surface area contributed by atoms with Crippen molar-refractivity contribution in [3.05, 3.63) is 12.7 Å². The normalized spacial score (nSPS) is 9.62. The lowest BCUT2D eigenvalue weighted by molar-refractivity contribution is -0.137. The molecule has 0 saturated carbocycles. The predicted molar refractivity (Wildman–Crippen MR) is 61.4 cm³/mol. The highest BCUT2D eigenvalue weighted by Crippen LogP contribution is 1.97. The lowest BCUT2D eigenvalue weighted by atomic mass is 10.4. The maximum absolute atomic E-state index is 11.8. The number of hydrogen-bond donors (Lipinski definition) is 2. The number of nitrogens with zero attached hydrogens (tertiary/aromatic N) is 2. The Morgan fingerprint density at radius 1 is 1.50 bits per heavy atom. The van der Waals surface area contributed by atoms with Crippen molar-refractivity contribution >= 4 is 12.0 Å². The third kappa shape index (κ3) is 5.35. The molecule has 6 heteroatoms. The van der Waals surface area contributed by atoms with Crippen LogP contribution >= 0.6 is 0 Å². The van der Waals surface area contributed by atoms with E-state index in [2.05, 4.69) is 11.9 Å². The van der Waals surface area contributed by atoms with Gasteiger partial charge in [-0.2, -0.15) is 0 Å². The van der Waals surface area contributed by atoms with Crippen LogP contribution in [0.3, 0.4) is 0 Å². The minimum Gasteiger partial charge on any atom is -0.480 e. The Bertz CT molecular complexity index is 256. The summed E-state index contributed by atoms with van der Waals surface area (Å²) in [6.45, 7) is 4.61. The second-order valence-electron chi connectivity index (χ2n) is 3.37. The zero-order chi connectivity index (χ0) is 12.6. The Morgan fingerprint density at radius 2 is 2.12 bits per heavy atom. The fourth-order valence-corrected chi connectivity index (χ4v) is 1.15. The molecular weight excluding hydrogens is 210 g/mol. The van der Waals surface area contributed by atoms with Gasteiger partial charge in [0, 0.05) is 26.7 Å². The van der Waals surface area contributed by atoms with E-state index in [0.717, 1.165) is 0 Å². The van der Waals surface area contributed by atoms with Gasteiger partial charge in [-0.1, -0.05) is 6.08 Å². The van der Waals surface area contributed by atoms with Gasteiger partial charge >= 0.3 is 12.0 Å². The average Bonchev–Trinajstić information content (AvgIpc) is 2.23. The third-order valence-corrected chi connectivity index (χ3v) is 1.97. The van der Waals surface area contributed by atoms with Gasteiger partial charge in [0.2, 0.25) is 0 Å². The number of amides is 2. The van der Waals surface area contributed by atoms with E-state index < -0.39 is 5.97 Å². The summed E-state index contributed by atoms with van der Waals surface area (Å²) in [6, 6.07) is -0.308. The molecule has 6 nitrogen and oxygen atoms in total. The number of likely N-dealkylation sites (N-methyl/N-ethyl adjacent to an activating group) is 2. The number of carbonyl (C=O) groups is 2. The Kier molecular flexibility index (Phi) is 6.95. The van der Waals surface area contributed by atoms with E-state index in [1.165, 1.54) is 15.9 Å². The molecule has 0 heterocycles. The molecule has 0 aliphatic heterocycles. The van der Waals surface area contributed by atoms with E-state index in [1.54, 1.807) is 14.1 Å². The molecule has 0 rings (SSSR count). The second-order valence-corrected chi connectivity index (χ2v) is 3.37. The van der Waals surface area contributed by atoms with E-state index in [4.69, 9.17) is 5.11 Å². The summed E-state index contributed by atoms with van der Waals surface area (Å²) >= 11 is 0. The standard InChI is InChI=1S/C10H19N3O3/c1-4-6-13(8-9(14)15)10(16)12(3)7-5-11-2/h4,11H,1,5-8H2,2-3H3,(H,14,15). The first-order valence-electron chi connectivity index (χ1n) is 5.00. The molecule has 0 fully saturated rings. The van der Waals surface area contributed by atoms with Gasteiger partial charge in [0.15, 0.2) is 0 Å². The quantitative estimate of drug-likeness (QED) is 0.594. The molecule has 2 N–H and O–H groups in total. The SMILES string of the molecule is C=CCN(CC(=O)O)C(=O)N(C)CCNC. The Labute approximate surface area is 95.5 Å². The van der Waals surface area contributed by atoms with E-state index in [-0.39, 0.29) is 19.1 Å². The molecule has 0 aromatic heterocycles. The maximum atomic E-state index is 11.8. The van der Waals surface area contributed by atoms with Gasteiger partial charge in [-0.15, -0.1) is 6.58 Å². The summed E-state index contributed by atoms with van der Waals surface area (Å²) < 4.78 is 0. The topological polar surface area (TPSA) is 72.9 Å². The van der Waals surface area contributed by atoms with Crippen molar-refractivity contribution in [3.63, 3.8) is 0 Å². The minimum absolute atomic E-state index is 0.231. The monoisotopic (exact) mass is 229 g/mol. The lowest BCUT2D eigenvalue weighted by Gasteiger charge is -2.25. The molecule has 0 spiro atoms. The van der Waals surface area contributed by atoms with Crippen molar-refractivity contribution in [1.29, 1.82) is 0 Å². The number of rotatable bonds is 7. The highest BCUT2D eigenvalue weighted by Gasteiger charge is 2.18. The van der Waals surface area contributed by atoms with Gasteiger partial charge < -0.3 is 20.2 Å². The van der Waals surface area contributed by atoms with Crippen molar-refractivity contribution in [1.82, 2.24) is 15.1 Å². The van der Waals surface area contributed by atoms with E-state index in [1.807, 2.05) is 0 Å². The molecule has 0 atom stereocenters. The number of urea groups is 1. The summed E-state index contributed by atoms with van der Waals surface area (Å²) in [4.78, 5) is 25.1. The summed E-state index contributed by atoms with van der Waals surface area (Å²) in [5.41, 5.74) is 0. The minimum atomic E-state index is -1.03. The first kappa shape index (κ1) is 14.4. The Hall–Kier alpha value is -1.56. The maximum Gasteiger partial charge on any atom is 0.323 e. The number of nitrogens with one attached hydrogen (secondary N) is 1. The molecule has 16 heavy (non-hydrogen) atoms. The van der Waals surface area contributed by atoms with Crippen LogP contribution in [0.1, 0.15) is 0 Å². The second kappa shape index (κ2) is 7.70. The van der Waals surface area contributed by atoms with Crippen LogP contribution in [0.2, 0.25) is 0 Å². The van der Waals surface area contributed by atoms with Crippen LogP contribution in [0.5, 0.6) is 0 Å². The number of aliphatic carboxylic acids is 1. The number of carboxylic acid groups (broad SMARTS) is 1. The van der Waals surface area contributed by atoms with Crippen molar-refractivity contribution in [2.75, 3.05) is 40.3 Å². The zero-order valence-electron chi connectivity index (χ0n) is 9.77. The fourth-order valence-electron chi connectivity index (χ4n) is 1.15. The molecule has 0 radical (unpaired) electrons. The molecule has 0 aliphatic rings. The smallest absolute Gasteiger partial charge is 0.323 e. The largest absolute Gasteiger partial charge is 0.480 e. The van der Waals surface area contributed by atoms with E-state index >= 15 is 0 Å². The highest BCUT2D eigenvalue weighted by atomic mass is 16.4. The molecule has 0 aliphatic carbocycles. The van der Waals surface area contributed by atoms with Crippen LogP contribution in [0, 0.1) is 0 Å². The van der Waals surface area contributed by atoms with Crippen LogP contribution < -0.4 is 5.32 Å². The third-order valence-electron chi connectivity index (χ3n) is 1.97. The van der Waals surface area contributed by atoms with Crippen molar-refractivity contribution in [2.24, 2.45) is 0 Å². The Balaban J connectivity index is 4.34. The molecule has 0 saturated heterocycles. The van der Waals surface area contributed by atoms with Crippen molar-refractivity contribution in [2.45, 2.75) is 0 Å². The summed E-state index contributed by atoms with van der Waals surface area (Å²) in [5.74, 6) is -1.03.